The van der Waals surface area contributed by atoms with Gasteiger partial charge < -0.3 is 14.8 Å². The number of para-hydroxylation sites is 1. The number of carbonyl (C=O) groups is 1. The van der Waals surface area contributed by atoms with Crippen LogP contribution in [0.15, 0.2) is 24.4 Å². The van der Waals surface area contributed by atoms with Gasteiger partial charge in [0.05, 0.1) is 11.9 Å². The molecular formula is C12H9F2N3O3. The molecule has 2 aromatic rings. The molecule has 0 atom stereocenters. The number of aromatic nitrogens is 2. The lowest BCUT2D eigenvalue weighted by atomic mass is 10.2. The van der Waals surface area contributed by atoms with Crippen molar-refractivity contribution >= 4 is 11.6 Å². The van der Waals surface area contributed by atoms with Crippen molar-refractivity contribution in [2.45, 2.75) is 13.2 Å². The van der Waals surface area contributed by atoms with E-state index in [0.29, 0.717) is 5.56 Å². The maximum atomic E-state index is 13.0. The minimum atomic E-state index is -3.73. The number of benzene rings is 1. The number of carbonyl (C=O) groups excluding carboxylic acids is 1. The maximum Gasteiger partial charge on any atom is 0.586 e. The van der Waals surface area contributed by atoms with Gasteiger partial charge in [-0.25, -0.2) is 0 Å². The standard InChI is InChI=1S/C12H9F2N3O3/c1-6-5-15-17-9(6)11(18)16-7-3-2-4-8-10(7)20-12(13,14)19-8/h2-5H,1H3,(H,15,17)(H,16,18). The summed E-state index contributed by atoms with van der Waals surface area (Å²) < 4.78 is 34.7. The smallest absolute Gasteiger partial charge is 0.395 e. The Labute approximate surface area is 111 Å². The van der Waals surface area contributed by atoms with Crippen molar-refractivity contribution in [3.05, 3.63) is 35.7 Å². The van der Waals surface area contributed by atoms with Crippen LogP contribution in [0.25, 0.3) is 0 Å². The van der Waals surface area contributed by atoms with Crippen LogP contribution in [0.1, 0.15) is 16.1 Å². The van der Waals surface area contributed by atoms with E-state index in [1.165, 1.54) is 24.4 Å². The molecule has 104 valence electrons. The van der Waals surface area contributed by atoms with Crippen LogP contribution in [0.2, 0.25) is 0 Å². The van der Waals surface area contributed by atoms with Gasteiger partial charge in [-0.1, -0.05) is 6.07 Å². The number of ether oxygens (including phenoxy) is 2. The molecule has 0 radical (unpaired) electrons. The molecule has 1 aromatic carbocycles. The van der Waals surface area contributed by atoms with E-state index in [9.17, 15) is 13.6 Å². The molecule has 1 aliphatic heterocycles. The number of anilines is 1. The topological polar surface area (TPSA) is 76.2 Å². The maximum absolute atomic E-state index is 13.0. The molecule has 0 unspecified atom stereocenters. The van der Waals surface area contributed by atoms with Crippen LogP contribution in [-0.4, -0.2) is 22.4 Å². The molecule has 3 rings (SSSR count). The summed E-state index contributed by atoms with van der Waals surface area (Å²) in [5.74, 6) is -0.843. The number of halogens is 2. The number of hydrogen-bond acceptors (Lipinski definition) is 4. The van der Waals surface area contributed by atoms with E-state index >= 15 is 0 Å². The average Bonchev–Trinajstić information content (AvgIpc) is 2.91. The van der Waals surface area contributed by atoms with Crippen molar-refractivity contribution in [2.75, 3.05) is 5.32 Å². The largest absolute Gasteiger partial charge is 0.586 e. The number of fused-ring (bicyclic) bond motifs is 1. The number of amides is 1. The van der Waals surface area contributed by atoms with Crippen LogP contribution in [-0.2, 0) is 0 Å². The fourth-order valence-electron chi connectivity index (χ4n) is 1.83. The monoisotopic (exact) mass is 281 g/mol. The van der Waals surface area contributed by atoms with E-state index < -0.39 is 12.2 Å². The lowest BCUT2D eigenvalue weighted by Crippen LogP contribution is -2.26. The van der Waals surface area contributed by atoms with Gasteiger partial charge in [-0.2, -0.15) is 5.10 Å². The van der Waals surface area contributed by atoms with Crippen molar-refractivity contribution in [3.63, 3.8) is 0 Å². The fourth-order valence-corrected chi connectivity index (χ4v) is 1.83. The van der Waals surface area contributed by atoms with Crippen molar-refractivity contribution in [1.82, 2.24) is 10.2 Å². The number of rotatable bonds is 2. The lowest BCUT2D eigenvalue weighted by Gasteiger charge is -2.08. The molecule has 2 heterocycles. The second-order valence-electron chi connectivity index (χ2n) is 4.18. The first-order valence-electron chi connectivity index (χ1n) is 5.66. The number of aromatic amines is 1. The summed E-state index contributed by atoms with van der Waals surface area (Å²) >= 11 is 0. The Hall–Kier alpha value is -2.64. The predicted octanol–water partition coefficient (Wildman–Crippen LogP) is 2.29. The zero-order chi connectivity index (χ0) is 14.3. The zero-order valence-electron chi connectivity index (χ0n) is 10.2. The fraction of sp³-hybridized carbons (Fsp3) is 0.167. The van der Waals surface area contributed by atoms with Crippen LogP contribution in [0.3, 0.4) is 0 Å². The third-order valence-corrected chi connectivity index (χ3v) is 2.73. The van der Waals surface area contributed by atoms with E-state index in [2.05, 4.69) is 25.0 Å². The van der Waals surface area contributed by atoms with Gasteiger partial charge in [-0.05, 0) is 24.6 Å². The Morgan fingerprint density at radius 3 is 2.90 bits per heavy atom. The van der Waals surface area contributed by atoms with Gasteiger partial charge in [0, 0.05) is 0 Å². The van der Waals surface area contributed by atoms with Crippen LogP contribution in [0.4, 0.5) is 14.5 Å². The van der Waals surface area contributed by atoms with Gasteiger partial charge in [0.15, 0.2) is 11.5 Å². The first kappa shape index (κ1) is 12.4. The summed E-state index contributed by atoms with van der Waals surface area (Å²) in [5.41, 5.74) is 0.976. The highest BCUT2D eigenvalue weighted by Gasteiger charge is 2.44. The summed E-state index contributed by atoms with van der Waals surface area (Å²) in [7, 11) is 0. The third-order valence-electron chi connectivity index (χ3n) is 2.73. The average molecular weight is 281 g/mol. The summed E-state index contributed by atoms with van der Waals surface area (Å²) in [6, 6.07) is 4.24. The molecule has 20 heavy (non-hydrogen) atoms. The number of nitrogens with one attached hydrogen (secondary N) is 2. The number of aryl methyl sites for hydroxylation is 1. The molecular weight excluding hydrogens is 272 g/mol. The van der Waals surface area contributed by atoms with E-state index in [1.807, 2.05) is 0 Å². The highest BCUT2D eigenvalue weighted by Crippen LogP contribution is 2.45. The van der Waals surface area contributed by atoms with Crippen molar-refractivity contribution in [1.29, 1.82) is 0 Å². The zero-order valence-corrected chi connectivity index (χ0v) is 10.2. The van der Waals surface area contributed by atoms with Gasteiger partial charge in [-0.15, -0.1) is 8.78 Å². The van der Waals surface area contributed by atoms with Crippen molar-refractivity contribution in [3.8, 4) is 11.5 Å². The number of nitrogens with zero attached hydrogens (tertiary/aromatic N) is 1. The van der Waals surface area contributed by atoms with Crippen LogP contribution in [0, 0.1) is 6.92 Å². The van der Waals surface area contributed by atoms with E-state index in [1.54, 1.807) is 6.92 Å². The van der Waals surface area contributed by atoms with E-state index in [4.69, 9.17) is 0 Å². The molecule has 8 heteroatoms. The summed E-state index contributed by atoms with van der Waals surface area (Å²) in [4.78, 5) is 12.0. The quantitative estimate of drug-likeness (QED) is 0.885. The Bertz CT molecular complexity index is 684. The molecule has 1 aromatic heterocycles. The van der Waals surface area contributed by atoms with E-state index in [-0.39, 0.29) is 22.9 Å². The molecule has 0 spiro atoms. The van der Waals surface area contributed by atoms with E-state index in [0.717, 1.165) is 0 Å². The Morgan fingerprint density at radius 1 is 1.40 bits per heavy atom. The van der Waals surface area contributed by atoms with Gasteiger partial charge >= 0.3 is 6.29 Å². The second kappa shape index (κ2) is 4.19. The van der Waals surface area contributed by atoms with Gasteiger partial charge in [0.1, 0.15) is 5.69 Å². The SMILES string of the molecule is Cc1cn[nH]c1C(=O)Nc1cccc2c1OC(F)(F)O2. The molecule has 0 fully saturated rings. The Morgan fingerprint density at radius 2 is 2.20 bits per heavy atom. The van der Waals surface area contributed by atoms with Gasteiger partial charge in [-0.3, -0.25) is 9.89 Å². The Kier molecular flexibility index (Phi) is 2.60. The number of hydrogen-bond donors (Lipinski definition) is 2. The molecule has 0 saturated carbocycles. The summed E-state index contributed by atoms with van der Waals surface area (Å²) in [6.07, 6.45) is -2.24. The summed E-state index contributed by atoms with van der Waals surface area (Å²) in [6.45, 7) is 1.70. The first-order chi connectivity index (χ1) is 9.46. The number of H-pyrrole nitrogens is 1. The molecule has 0 aliphatic carbocycles. The minimum Gasteiger partial charge on any atom is -0.395 e. The van der Waals surface area contributed by atoms with Crippen molar-refractivity contribution in [2.24, 2.45) is 0 Å². The minimum absolute atomic E-state index is 0.0960. The molecule has 2 N–H and O–H groups in total. The molecule has 6 nitrogen and oxygen atoms in total. The van der Waals surface area contributed by atoms with Crippen LogP contribution in [0.5, 0.6) is 11.5 Å². The van der Waals surface area contributed by atoms with Crippen molar-refractivity contribution < 1.29 is 23.0 Å². The number of alkyl halides is 2. The second-order valence-corrected chi connectivity index (χ2v) is 4.18. The normalized spacial score (nSPS) is 15.2. The van der Waals surface area contributed by atoms with Crippen LogP contribution < -0.4 is 14.8 Å². The summed E-state index contributed by atoms with van der Waals surface area (Å²) in [5, 5.41) is 8.72. The van der Waals surface area contributed by atoms with Gasteiger partial charge in [0.25, 0.3) is 5.91 Å². The Balaban J connectivity index is 1.89. The third kappa shape index (κ3) is 2.04. The molecule has 0 saturated heterocycles. The highest BCUT2D eigenvalue weighted by molar-refractivity contribution is 6.04. The predicted molar refractivity (Wildman–Crippen MR) is 63.9 cm³/mol. The molecule has 1 aliphatic rings. The first-order valence-corrected chi connectivity index (χ1v) is 5.66. The lowest BCUT2D eigenvalue weighted by molar-refractivity contribution is -0.286. The molecule has 1 amide bonds. The highest BCUT2D eigenvalue weighted by atomic mass is 19.3. The molecule has 0 bridgehead atoms. The van der Waals surface area contributed by atoms with Gasteiger partial charge in [0.2, 0.25) is 0 Å². The van der Waals surface area contributed by atoms with Crippen LogP contribution >= 0.6 is 0 Å².